The Morgan fingerprint density at radius 1 is 1.27 bits per heavy atom. The third-order valence-electron chi connectivity index (χ3n) is 3.14. The standard InChI is InChI=1S/C15H22O6S/c1-15(2)19-11-14(21-22(3,16)17)13(20-15)10-18-9-12-7-5-4-6-8-12/h4-8,13-14H,9-11H2,1-3H3/t13-,14-/m0/s1. The van der Waals surface area contributed by atoms with Crippen molar-refractivity contribution in [3.05, 3.63) is 35.9 Å². The van der Waals surface area contributed by atoms with Gasteiger partial charge in [-0.1, -0.05) is 30.3 Å². The van der Waals surface area contributed by atoms with Gasteiger partial charge in [0, 0.05) is 0 Å². The summed E-state index contributed by atoms with van der Waals surface area (Å²) in [4.78, 5) is 0. The molecule has 0 aromatic heterocycles. The molecule has 124 valence electrons. The molecule has 0 spiro atoms. The zero-order valence-electron chi connectivity index (χ0n) is 13.0. The Bertz CT molecular complexity index is 569. The summed E-state index contributed by atoms with van der Waals surface area (Å²) < 4.78 is 44.5. The molecule has 1 heterocycles. The van der Waals surface area contributed by atoms with Crippen LogP contribution in [-0.4, -0.2) is 45.9 Å². The molecule has 0 bridgehead atoms. The van der Waals surface area contributed by atoms with E-state index in [1.807, 2.05) is 30.3 Å². The Morgan fingerprint density at radius 3 is 2.59 bits per heavy atom. The first-order chi connectivity index (χ1) is 10.3. The van der Waals surface area contributed by atoms with Crippen molar-refractivity contribution in [2.24, 2.45) is 0 Å². The van der Waals surface area contributed by atoms with E-state index in [2.05, 4.69) is 0 Å². The fraction of sp³-hybridized carbons (Fsp3) is 0.600. The predicted molar refractivity (Wildman–Crippen MR) is 80.7 cm³/mol. The highest BCUT2D eigenvalue weighted by atomic mass is 32.2. The molecule has 1 aliphatic heterocycles. The third-order valence-corrected chi connectivity index (χ3v) is 3.73. The molecule has 1 aromatic rings. The Kier molecular flexibility index (Phi) is 5.57. The van der Waals surface area contributed by atoms with E-state index in [0.29, 0.717) is 6.61 Å². The molecule has 2 atom stereocenters. The van der Waals surface area contributed by atoms with Crippen molar-refractivity contribution >= 4 is 10.1 Å². The monoisotopic (exact) mass is 330 g/mol. The summed E-state index contributed by atoms with van der Waals surface area (Å²) in [6, 6.07) is 9.72. The summed E-state index contributed by atoms with van der Waals surface area (Å²) >= 11 is 0. The van der Waals surface area contributed by atoms with E-state index < -0.39 is 28.1 Å². The van der Waals surface area contributed by atoms with Gasteiger partial charge in [0.25, 0.3) is 10.1 Å². The van der Waals surface area contributed by atoms with Crippen LogP contribution in [0.3, 0.4) is 0 Å². The number of benzene rings is 1. The van der Waals surface area contributed by atoms with Crippen LogP contribution in [0.2, 0.25) is 0 Å². The highest BCUT2D eigenvalue weighted by molar-refractivity contribution is 7.86. The molecule has 2 rings (SSSR count). The van der Waals surface area contributed by atoms with Gasteiger partial charge >= 0.3 is 0 Å². The lowest BCUT2D eigenvalue weighted by Crippen LogP contribution is -2.52. The van der Waals surface area contributed by atoms with Crippen LogP contribution in [0.25, 0.3) is 0 Å². The van der Waals surface area contributed by atoms with E-state index in [4.69, 9.17) is 18.4 Å². The number of ether oxygens (including phenoxy) is 3. The minimum atomic E-state index is -3.59. The van der Waals surface area contributed by atoms with Gasteiger partial charge in [-0.15, -0.1) is 0 Å². The van der Waals surface area contributed by atoms with Crippen molar-refractivity contribution in [1.29, 1.82) is 0 Å². The molecule has 0 N–H and O–H groups in total. The fourth-order valence-electron chi connectivity index (χ4n) is 2.19. The van der Waals surface area contributed by atoms with Crippen LogP contribution in [0.1, 0.15) is 19.4 Å². The van der Waals surface area contributed by atoms with Gasteiger partial charge in [-0.05, 0) is 19.4 Å². The summed E-state index contributed by atoms with van der Waals surface area (Å²) in [5.74, 6) is -0.794. The molecule has 0 amide bonds. The summed E-state index contributed by atoms with van der Waals surface area (Å²) in [7, 11) is -3.59. The van der Waals surface area contributed by atoms with E-state index in [9.17, 15) is 8.42 Å². The maximum absolute atomic E-state index is 11.3. The molecule has 0 radical (unpaired) electrons. The number of hydrogen-bond donors (Lipinski definition) is 0. The molecular weight excluding hydrogens is 308 g/mol. The van der Waals surface area contributed by atoms with Gasteiger partial charge in [-0.3, -0.25) is 4.18 Å². The van der Waals surface area contributed by atoms with Crippen LogP contribution in [0, 0.1) is 0 Å². The zero-order valence-corrected chi connectivity index (χ0v) is 13.8. The smallest absolute Gasteiger partial charge is 0.264 e. The van der Waals surface area contributed by atoms with Crippen molar-refractivity contribution < 1.29 is 26.8 Å². The van der Waals surface area contributed by atoms with Crippen LogP contribution in [-0.2, 0) is 35.1 Å². The Labute approximate surface area is 131 Å². The van der Waals surface area contributed by atoms with E-state index >= 15 is 0 Å². The molecule has 1 saturated heterocycles. The minimum absolute atomic E-state index is 0.138. The molecule has 1 aromatic carbocycles. The average Bonchev–Trinajstić information content (AvgIpc) is 2.41. The normalized spacial score (nSPS) is 25.0. The topological polar surface area (TPSA) is 71.1 Å². The first-order valence-electron chi connectivity index (χ1n) is 7.07. The molecule has 1 fully saturated rings. The van der Waals surface area contributed by atoms with Gasteiger partial charge in [0.2, 0.25) is 0 Å². The van der Waals surface area contributed by atoms with E-state index in [1.54, 1.807) is 13.8 Å². The molecule has 0 unspecified atom stereocenters. The summed E-state index contributed by atoms with van der Waals surface area (Å²) in [6.45, 7) is 4.33. The second-order valence-corrected chi connectivity index (χ2v) is 7.31. The average molecular weight is 330 g/mol. The first kappa shape index (κ1) is 17.4. The van der Waals surface area contributed by atoms with Crippen LogP contribution in [0.4, 0.5) is 0 Å². The quantitative estimate of drug-likeness (QED) is 0.739. The Balaban J connectivity index is 1.93. The lowest BCUT2D eigenvalue weighted by Gasteiger charge is -2.40. The number of rotatable bonds is 6. The van der Waals surface area contributed by atoms with Gasteiger partial charge in [-0.2, -0.15) is 8.42 Å². The largest absolute Gasteiger partial charge is 0.374 e. The summed E-state index contributed by atoms with van der Waals surface area (Å²) in [6.07, 6.45) is -0.213. The molecule has 0 aliphatic carbocycles. The molecule has 6 nitrogen and oxygen atoms in total. The van der Waals surface area contributed by atoms with Crippen molar-refractivity contribution in [1.82, 2.24) is 0 Å². The van der Waals surface area contributed by atoms with Crippen molar-refractivity contribution in [2.75, 3.05) is 19.5 Å². The maximum atomic E-state index is 11.3. The van der Waals surface area contributed by atoms with Crippen molar-refractivity contribution in [3.8, 4) is 0 Å². The van der Waals surface area contributed by atoms with E-state index in [1.165, 1.54) is 0 Å². The fourth-order valence-corrected chi connectivity index (χ4v) is 2.82. The SMILES string of the molecule is CC1(C)OC[C@H](OS(C)(=O)=O)[C@H](COCc2ccccc2)O1. The van der Waals surface area contributed by atoms with E-state index in [-0.39, 0.29) is 13.2 Å². The predicted octanol–water partition coefficient (Wildman–Crippen LogP) is 1.70. The molecule has 7 heteroatoms. The second kappa shape index (κ2) is 7.06. The minimum Gasteiger partial charge on any atom is -0.374 e. The lowest BCUT2D eigenvalue weighted by molar-refractivity contribution is -0.306. The zero-order chi connectivity index (χ0) is 16.2. The van der Waals surface area contributed by atoms with Crippen molar-refractivity contribution in [3.63, 3.8) is 0 Å². The van der Waals surface area contributed by atoms with Gasteiger partial charge in [-0.25, -0.2) is 0 Å². The third kappa shape index (κ3) is 5.66. The molecule has 1 aliphatic rings. The first-order valence-corrected chi connectivity index (χ1v) is 8.88. The van der Waals surface area contributed by atoms with Crippen LogP contribution in [0.5, 0.6) is 0 Å². The summed E-state index contributed by atoms with van der Waals surface area (Å²) in [5.41, 5.74) is 1.04. The second-order valence-electron chi connectivity index (χ2n) is 5.71. The van der Waals surface area contributed by atoms with Gasteiger partial charge < -0.3 is 14.2 Å². The highest BCUT2D eigenvalue weighted by Gasteiger charge is 2.39. The molecule has 0 saturated carbocycles. The van der Waals surface area contributed by atoms with E-state index in [0.717, 1.165) is 11.8 Å². The Hall–Kier alpha value is -0.990. The molecular formula is C15H22O6S. The molecule has 22 heavy (non-hydrogen) atoms. The van der Waals surface area contributed by atoms with Crippen LogP contribution >= 0.6 is 0 Å². The highest BCUT2D eigenvalue weighted by Crippen LogP contribution is 2.25. The van der Waals surface area contributed by atoms with Crippen LogP contribution < -0.4 is 0 Å². The maximum Gasteiger partial charge on any atom is 0.264 e. The Morgan fingerprint density at radius 2 is 1.95 bits per heavy atom. The van der Waals surface area contributed by atoms with Crippen molar-refractivity contribution in [2.45, 2.75) is 38.4 Å². The van der Waals surface area contributed by atoms with Gasteiger partial charge in [0.15, 0.2) is 5.79 Å². The van der Waals surface area contributed by atoms with Gasteiger partial charge in [0.05, 0.1) is 26.1 Å². The number of hydrogen-bond acceptors (Lipinski definition) is 6. The van der Waals surface area contributed by atoms with Crippen LogP contribution in [0.15, 0.2) is 30.3 Å². The van der Waals surface area contributed by atoms with Gasteiger partial charge in [0.1, 0.15) is 12.2 Å². The summed E-state index contributed by atoms with van der Waals surface area (Å²) in [5, 5.41) is 0. The lowest BCUT2D eigenvalue weighted by atomic mass is 10.2.